The van der Waals surface area contributed by atoms with Crippen molar-refractivity contribution in [3.05, 3.63) is 40.9 Å². The van der Waals surface area contributed by atoms with Crippen molar-refractivity contribution in [2.24, 2.45) is 0 Å². The molecular weight excluding hydrogens is 344 g/mol. The number of aromatic nitrogens is 3. The van der Waals surface area contributed by atoms with Crippen LogP contribution in [0.4, 0.5) is 0 Å². The Labute approximate surface area is 150 Å². The number of halogens is 1. The van der Waals surface area contributed by atoms with Gasteiger partial charge in [-0.25, -0.2) is 14.5 Å². The van der Waals surface area contributed by atoms with Crippen LogP contribution in [0.1, 0.15) is 42.6 Å². The topological polar surface area (TPSA) is 88.3 Å². The molecule has 7 nitrogen and oxygen atoms in total. The number of aryl methyl sites for hydroxylation is 1. The lowest BCUT2D eigenvalue weighted by Gasteiger charge is -2.31. The third kappa shape index (κ3) is 3.37. The first-order valence-corrected chi connectivity index (χ1v) is 8.65. The first kappa shape index (κ1) is 17.4. The van der Waals surface area contributed by atoms with E-state index in [2.05, 4.69) is 10.1 Å². The second-order valence-corrected chi connectivity index (χ2v) is 6.32. The van der Waals surface area contributed by atoms with E-state index in [1.165, 1.54) is 4.90 Å². The van der Waals surface area contributed by atoms with Crippen LogP contribution in [-0.2, 0) is 11.2 Å². The Bertz CT molecular complexity index is 805. The molecule has 1 atom stereocenters. The molecule has 0 radical (unpaired) electrons. The van der Waals surface area contributed by atoms with Gasteiger partial charge in [0, 0.05) is 13.0 Å². The summed E-state index contributed by atoms with van der Waals surface area (Å²) in [6.45, 7) is 2.31. The molecule has 1 saturated heterocycles. The van der Waals surface area contributed by atoms with Gasteiger partial charge in [0.25, 0.3) is 5.91 Å². The second-order valence-electron chi connectivity index (χ2n) is 5.92. The van der Waals surface area contributed by atoms with Gasteiger partial charge in [-0.15, -0.1) is 5.10 Å². The third-order valence-corrected chi connectivity index (χ3v) is 4.63. The fraction of sp³-hybridized carbons (Fsp3) is 0.412. The number of rotatable bonds is 4. The van der Waals surface area contributed by atoms with Crippen LogP contribution in [-0.4, -0.2) is 49.2 Å². The summed E-state index contributed by atoms with van der Waals surface area (Å²) in [5.41, 5.74) is 0.640. The lowest BCUT2D eigenvalue weighted by atomic mass is 10.0. The predicted octanol–water partition coefficient (Wildman–Crippen LogP) is 2.56. The summed E-state index contributed by atoms with van der Waals surface area (Å²) >= 11 is 6.23. The standard InChI is InChI=1S/C17H19ClN4O3/c1-2-14-19-15(20-22(14)12-8-4-3-7-11(12)18)16(23)21-10-6-5-9-13(21)17(24)25/h3-4,7-8,13H,2,5-6,9-10H2,1H3,(H,24,25)/t13-/m0/s1. The van der Waals surface area contributed by atoms with Crippen molar-refractivity contribution in [2.75, 3.05) is 6.54 Å². The van der Waals surface area contributed by atoms with E-state index in [0.29, 0.717) is 35.9 Å². The Morgan fingerprint density at radius 2 is 2.08 bits per heavy atom. The van der Waals surface area contributed by atoms with E-state index in [0.717, 1.165) is 12.8 Å². The van der Waals surface area contributed by atoms with Crippen LogP contribution in [0.5, 0.6) is 0 Å². The van der Waals surface area contributed by atoms with E-state index in [4.69, 9.17) is 11.6 Å². The Balaban J connectivity index is 1.97. The van der Waals surface area contributed by atoms with Crippen molar-refractivity contribution in [1.82, 2.24) is 19.7 Å². The van der Waals surface area contributed by atoms with Crippen molar-refractivity contribution in [3.63, 3.8) is 0 Å². The summed E-state index contributed by atoms with van der Waals surface area (Å²) < 4.78 is 1.55. The minimum Gasteiger partial charge on any atom is -0.480 e. The minimum atomic E-state index is -0.991. The van der Waals surface area contributed by atoms with Gasteiger partial charge in [-0.3, -0.25) is 4.79 Å². The molecule has 1 aromatic heterocycles. The molecule has 0 aliphatic carbocycles. The normalized spacial score (nSPS) is 17.5. The van der Waals surface area contributed by atoms with Gasteiger partial charge in [0.15, 0.2) is 0 Å². The van der Waals surface area contributed by atoms with Crippen LogP contribution >= 0.6 is 11.6 Å². The molecule has 0 saturated carbocycles. The lowest BCUT2D eigenvalue weighted by Crippen LogP contribution is -2.48. The highest BCUT2D eigenvalue weighted by Crippen LogP contribution is 2.23. The number of para-hydroxylation sites is 1. The number of aliphatic carboxylic acids is 1. The fourth-order valence-electron chi connectivity index (χ4n) is 3.04. The maximum absolute atomic E-state index is 12.8. The van der Waals surface area contributed by atoms with Crippen LogP contribution in [0, 0.1) is 0 Å². The molecular formula is C17H19ClN4O3. The maximum atomic E-state index is 12.8. The van der Waals surface area contributed by atoms with Crippen molar-refractivity contribution in [3.8, 4) is 5.69 Å². The number of carbonyl (C=O) groups excluding carboxylic acids is 1. The van der Waals surface area contributed by atoms with Gasteiger partial charge < -0.3 is 10.0 Å². The number of carbonyl (C=O) groups is 2. The number of hydrogen-bond donors (Lipinski definition) is 1. The molecule has 25 heavy (non-hydrogen) atoms. The molecule has 1 N–H and O–H groups in total. The summed E-state index contributed by atoms with van der Waals surface area (Å²) in [4.78, 5) is 29.9. The van der Waals surface area contributed by atoms with Crippen LogP contribution in [0.25, 0.3) is 5.69 Å². The van der Waals surface area contributed by atoms with E-state index in [1.807, 2.05) is 19.1 Å². The Hall–Kier alpha value is -2.41. The molecule has 1 aliphatic heterocycles. The minimum absolute atomic E-state index is 0.00456. The average Bonchev–Trinajstić information content (AvgIpc) is 3.05. The highest BCUT2D eigenvalue weighted by Gasteiger charge is 2.34. The zero-order valence-electron chi connectivity index (χ0n) is 13.9. The molecule has 1 amide bonds. The molecule has 0 bridgehead atoms. The second kappa shape index (κ2) is 7.23. The van der Waals surface area contributed by atoms with E-state index in [-0.39, 0.29) is 5.82 Å². The summed E-state index contributed by atoms with van der Waals surface area (Å²) in [6, 6.07) is 6.36. The van der Waals surface area contributed by atoms with Gasteiger partial charge >= 0.3 is 5.97 Å². The molecule has 1 fully saturated rings. The number of likely N-dealkylation sites (tertiary alicyclic amines) is 1. The lowest BCUT2D eigenvalue weighted by molar-refractivity contribution is -0.143. The molecule has 2 heterocycles. The number of carboxylic acids is 1. The van der Waals surface area contributed by atoms with E-state index >= 15 is 0 Å². The van der Waals surface area contributed by atoms with Crippen LogP contribution in [0.3, 0.4) is 0 Å². The smallest absolute Gasteiger partial charge is 0.326 e. The summed E-state index contributed by atoms with van der Waals surface area (Å²) in [6.07, 6.45) is 2.59. The quantitative estimate of drug-likeness (QED) is 0.903. The van der Waals surface area contributed by atoms with Crippen molar-refractivity contribution >= 4 is 23.5 Å². The van der Waals surface area contributed by atoms with E-state index in [9.17, 15) is 14.7 Å². The van der Waals surface area contributed by atoms with Crippen LogP contribution in [0.2, 0.25) is 5.02 Å². The molecule has 0 unspecified atom stereocenters. The van der Waals surface area contributed by atoms with Crippen LogP contribution in [0.15, 0.2) is 24.3 Å². The summed E-state index contributed by atoms with van der Waals surface area (Å²) in [5, 5.41) is 14.2. The Kier molecular flexibility index (Phi) is 5.03. The van der Waals surface area contributed by atoms with Gasteiger partial charge in [-0.05, 0) is 31.4 Å². The monoisotopic (exact) mass is 362 g/mol. The van der Waals surface area contributed by atoms with Gasteiger partial charge in [0.05, 0.1) is 10.7 Å². The zero-order valence-corrected chi connectivity index (χ0v) is 14.6. The first-order chi connectivity index (χ1) is 12.0. The van der Waals surface area contributed by atoms with Crippen LogP contribution < -0.4 is 0 Å². The molecule has 1 aromatic carbocycles. The number of hydrogen-bond acceptors (Lipinski definition) is 4. The molecule has 1 aliphatic rings. The number of carboxylic acid groups (broad SMARTS) is 1. The first-order valence-electron chi connectivity index (χ1n) is 8.27. The third-order valence-electron chi connectivity index (χ3n) is 4.31. The molecule has 0 spiro atoms. The predicted molar refractivity (Wildman–Crippen MR) is 92.1 cm³/mol. The van der Waals surface area contributed by atoms with E-state index < -0.39 is 17.9 Å². The number of nitrogens with zero attached hydrogens (tertiary/aromatic N) is 4. The number of piperidine rings is 1. The maximum Gasteiger partial charge on any atom is 0.326 e. The summed E-state index contributed by atoms with van der Waals surface area (Å²) in [7, 11) is 0. The highest BCUT2D eigenvalue weighted by atomic mass is 35.5. The van der Waals surface area contributed by atoms with Crippen molar-refractivity contribution in [1.29, 1.82) is 0 Å². The molecule has 8 heteroatoms. The highest BCUT2D eigenvalue weighted by molar-refractivity contribution is 6.32. The SMILES string of the molecule is CCc1nc(C(=O)N2CCCC[C@H]2C(=O)O)nn1-c1ccccc1Cl. The fourth-order valence-corrected chi connectivity index (χ4v) is 3.26. The van der Waals surface area contributed by atoms with Gasteiger partial charge in [0.2, 0.25) is 5.82 Å². The van der Waals surface area contributed by atoms with Crippen molar-refractivity contribution < 1.29 is 14.7 Å². The number of amides is 1. The van der Waals surface area contributed by atoms with Gasteiger partial charge in [-0.1, -0.05) is 30.7 Å². The Morgan fingerprint density at radius 3 is 2.76 bits per heavy atom. The average molecular weight is 363 g/mol. The molecule has 2 aromatic rings. The Morgan fingerprint density at radius 1 is 1.32 bits per heavy atom. The number of benzene rings is 1. The zero-order chi connectivity index (χ0) is 18.0. The van der Waals surface area contributed by atoms with E-state index in [1.54, 1.807) is 16.8 Å². The summed E-state index contributed by atoms with van der Waals surface area (Å²) in [5.74, 6) is -0.841. The van der Waals surface area contributed by atoms with Gasteiger partial charge in [-0.2, -0.15) is 0 Å². The molecule has 3 rings (SSSR count). The largest absolute Gasteiger partial charge is 0.480 e. The van der Waals surface area contributed by atoms with Gasteiger partial charge in [0.1, 0.15) is 11.9 Å². The van der Waals surface area contributed by atoms with Crippen molar-refractivity contribution in [2.45, 2.75) is 38.6 Å². The molecule has 132 valence electrons.